The lowest BCUT2D eigenvalue weighted by molar-refractivity contribution is -0.136. The van der Waals surface area contributed by atoms with Gasteiger partial charge >= 0.3 is 5.97 Å². The molecule has 0 bridgehead atoms. The number of hydrogen-bond donors (Lipinski definition) is 2. The number of ketones is 1. The third-order valence-corrected chi connectivity index (χ3v) is 5.36. The smallest absolute Gasteiger partial charge is 0.355 e. The zero-order valence-electron chi connectivity index (χ0n) is 16.0. The van der Waals surface area contributed by atoms with Crippen LogP contribution >= 0.6 is 11.3 Å². The van der Waals surface area contributed by atoms with Crippen LogP contribution in [-0.2, 0) is 9.53 Å². The van der Waals surface area contributed by atoms with Gasteiger partial charge in [-0.25, -0.2) is 4.79 Å². The third-order valence-electron chi connectivity index (χ3n) is 4.50. The molecule has 10 nitrogen and oxygen atoms in total. The molecule has 0 fully saturated rings. The molecule has 1 atom stereocenters. The number of esters is 1. The number of carbonyl (C=O) groups excluding carboxylic acids is 2. The van der Waals surface area contributed by atoms with E-state index in [2.05, 4.69) is 20.8 Å². The van der Waals surface area contributed by atoms with Crippen LogP contribution in [0, 0.1) is 0 Å². The number of methoxy groups -OCH3 is 1. The van der Waals surface area contributed by atoms with E-state index in [-0.39, 0.29) is 34.5 Å². The summed E-state index contributed by atoms with van der Waals surface area (Å²) in [5.41, 5.74) is 0.624. The van der Waals surface area contributed by atoms with Crippen molar-refractivity contribution in [2.75, 3.05) is 19.0 Å². The highest BCUT2D eigenvalue weighted by Gasteiger charge is 2.39. The van der Waals surface area contributed by atoms with Gasteiger partial charge in [0.15, 0.2) is 11.5 Å². The molecule has 4 rings (SSSR count). The topological polar surface area (TPSA) is 128 Å². The molecule has 0 saturated carbocycles. The second-order valence-corrected chi connectivity index (χ2v) is 7.17. The lowest BCUT2D eigenvalue weighted by atomic mass is 9.91. The minimum absolute atomic E-state index is 0.0465. The normalized spacial score (nSPS) is 15.3. The first-order valence-electron chi connectivity index (χ1n) is 8.96. The van der Waals surface area contributed by atoms with Gasteiger partial charge in [-0.1, -0.05) is 17.2 Å². The molecule has 3 heterocycles. The predicted molar refractivity (Wildman–Crippen MR) is 107 cm³/mol. The number of aromatic hydroxyl groups is 1. The molecule has 0 saturated heterocycles. The molecule has 11 heteroatoms. The van der Waals surface area contributed by atoms with Crippen molar-refractivity contribution in [3.8, 4) is 11.5 Å². The third kappa shape index (κ3) is 3.28. The molecule has 2 aromatic heterocycles. The highest BCUT2D eigenvalue weighted by Crippen LogP contribution is 2.39. The molecule has 0 radical (unpaired) electrons. The summed E-state index contributed by atoms with van der Waals surface area (Å²) in [6.07, 6.45) is 0. The summed E-state index contributed by atoms with van der Waals surface area (Å²) < 4.78 is 11.8. The van der Waals surface area contributed by atoms with Gasteiger partial charge in [-0.15, -0.1) is 11.3 Å². The Balaban J connectivity index is 1.95. The van der Waals surface area contributed by atoms with Crippen LogP contribution in [0.15, 0.2) is 47.0 Å². The molecule has 30 heavy (non-hydrogen) atoms. The molecule has 0 aliphatic carbocycles. The van der Waals surface area contributed by atoms with Gasteiger partial charge in [0.05, 0.1) is 24.2 Å². The van der Waals surface area contributed by atoms with Gasteiger partial charge in [-0.3, -0.25) is 4.79 Å². The van der Waals surface area contributed by atoms with Gasteiger partial charge in [0.1, 0.15) is 11.7 Å². The van der Waals surface area contributed by atoms with Crippen molar-refractivity contribution < 1.29 is 24.2 Å². The molecule has 2 N–H and O–H groups in total. The number of rotatable bonds is 6. The number of tetrazole rings is 1. The van der Waals surface area contributed by atoms with Crippen molar-refractivity contribution in [2.45, 2.75) is 13.0 Å². The number of phenols is 1. The molecular weight excluding hydrogens is 410 g/mol. The summed E-state index contributed by atoms with van der Waals surface area (Å²) >= 11 is 1.25. The van der Waals surface area contributed by atoms with Crippen LogP contribution in [0.4, 0.5) is 5.95 Å². The maximum atomic E-state index is 13.4. The Labute approximate surface area is 174 Å². The van der Waals surface area contributed by atoms with Gasteiger partial charge in [0.25, 0.3) is 0 Å². The number of benzene rings is 1. The Hall–Kier alpha value is -3.73. The van der Waals surface area contributed by atoms with Crippen LogP contribution in [-0.4, -0.2) is 50.8 Å². The number of aromatic nitrogens is 4. The molecule has 0 amide bonds. The number of Topliss-reactive ketones (excluding diaryl/α,β-unsaturated/α-hetero) is 1. The first-order chi connectivity index (χ1) is 14.5. The van der Waals surface area contributed by atoms with Crippen molar-refractivity contribution >= 4 is 29.0 Å². The second kappa shape index (κ2) is 7.95. The Morgan fingerprint density at radius 1 is 1.33 bits per heavy atom. The number of hydrogen-bond acceptors (Lipinski definition) is 10. The molecule has 0 spiro atoms. The average Bonchev–Trinajstić information content (AvgIpc) is 3.45. The Morgan fingerprint density at radius 3 is 2.87 bits per heavy atom. The van der Waals surface area contributed by atoms with Crippen LogP contribution in [0.2, 0.25) is 0 Å². The monoisotopic (exact) mass is 427 g/mol. The number of nitrogens with one attached hydrogen (secondary N) is 1. The van der Waals surface area contributed by atoms with E-state index in [1.54, 1.807) is 36.6 Å². The highest BCUT2D eigenvalue weighted by molar-refractivity contribution is 7.12. The summed E-state index contributed by atoms with van der Waals surface area (Å²) in [6, 6.07) is 7.24. The zero-order valence-corrected chi connectivity index (χ0v) is 16.8. The van der Waals surface area contributed by atoms with Crippen molar-refractivity contribution in [3.05, 3.63) is 57.4 Å². The van der Waals surface area contributed by atoms with E-state index >= 15 is 0 Å². The summed E-state index contributed by atoms with van der Waals surface area (Å²) in [5, 5.41) is 26.2. The summed E-state index contributed by atoms with van der Waals surface area (Å²) in [7, 11) is 1.23. The summed E-state index contributed by atoms with van der Waals surface area (Å²) in [6.45, 7) is 2.13. The Morgan fingerprint density at radius 2 is 2.17 bits per heavy atom. The van der Waals surface area contributed by atoms with Crippen LogP contribution in [0.1, 0.15) is 28.2 Å². The number of phenolic OH excluding ortho intramolecular Hbond substituents is 1. The SMILES string of the molecule is CCOc1cc([C@H]2C(C(=O)c3cccs3)=C(C(=O)OC)Nc3nnnn32)ccc1O. The number of fused-ring (bicyclic) bond motifs is 1. The number of allylic oxidation sites excluding steroid dienone is 1. The molecule has 154 valence electrons. The van der Waals surface area contributed by atoms with E-state index in [0.29, 0.717) is 17.0 Å². The van der Waals surface area contributed by atoms with Crippen LogP contribution in [0.25, 0.3) is 0 Å². The van der Waals surface area contributed by atoms with Gasteiger partial charge in [-0.2, -0.15) is 4.68 Å². The van der Waals surface area contributed by atoms with Gasteiger partial charge in [-0.05, 0) is 46.5 Å². The number of ether oxygens (including phenoxy) is 2. The van der Waals surface area contributed by atoms with E-state index in [1.807, 2.05) is 0 Å². The first kappa shape index (κ1) is 19.6. The highest BCUT2D eigenvalue weighted by atomic mass is 32.1. The van der Waals surface area contributed by atoms with E-state index in [9.17, 15) is 14.7 Å². The van der Waals surface area contributed by atoms with E-state index in [0.717, 1.165) is 0 Å². The zero-order chi connectivity index (χ0) is 21.3. The number of thiophene rings is 1. The van der Waals surface area contributed by atoms with Crippen LogP contribution in [0.3, 0.4) is 0 Å². The molecule has 0 unspecified atom stereocenters. The molecular formula is C19H17N5O5S. The van der Waals surface area contributed by atoms with Crippen LogP contribution < -0.4 is 10.1 Å². The van der Waals surface area contributed by atoms with Crippen molar-refractivity contribution in [2.24, 2.45) is 0 Å². The minimum Gasteiger partial charge on any atom is -0.504 e. The largest absolute Gasteiger partial charge is 0.504 e. The number of nitrogens with zero attached hydrogens (tertiary/aromatic N) is 4. The first-order valence-corrected chi connectivity index (χ1v) is 9.84. The second-order valence-electron chi connectivity index (χ2n) is 6.22. The molecule has 1 aliphatic heterocycles. The van der Waals surface area contributed by atoms with Gasteiger partial charge in [0.2, 0.25) is 11.7 Å². The van der Waals surface area contributed by atoms with E-state index in [4.69, 9.17) is 9.47 Å². The molecule has 3 aromatic rings. The van der Waals surface area contributed by atoms with Gasteiger partial charge in [0, 0.05) is 0 Å². The van der Waals surface area contributed by atoms with Gasteiger partial charge < -0.3 is 19.9 Å². The predicted octanol–water partition coefficient (Wildman–Crippen LogP) is 2.16. The molecule has 1 aliphatic rings. The lowest BCUT2D eigenvalue weighted by Crippen LogP contribution is -2.32. The number of anilines is 1. The fourth-order valence-electron chi connectivity index (χ4n) is 3.21. The standard InChI is InChI=1S/C19H17N5O5S/c1-3-29-12-9-10(6-7-11(12)25)16-14(17(26)13-5-4-8-30-13)15(18(27)28-2)20-19-21-22-23-24(16)19/h4-9,16,25H,3H2,1-2H3,(H,20,21,23)/t16-/m0/s1. The maximum absolute atomic E-state index is 13.4. The van der Waals surface area contributed by atoms with E-state index in [1.165, 1.54) is 29.2 Å². The van der Waals surface area contributed by atoms with Crippen molar-refractivity contribution in [1.82, 2.24) is 20.2 Å². The van der Waals surface area contributed by atoms with E-state index < -0.39 is 12.0 Å². The lowest BCUT2D eigenvalue weighted by Gasteiger charge is -2.28. The fourth-order valence-corrected chi connectivity index (χ4v) is 3.89. The Bertz CT molecular complexity index is 1140. The van der Waals surface area contributed by atoms with Crippen LogP contribution in [0.5, 0.6) is 11.5 Å². The average molecular weight is 427 g/mol. The minimum atomic E-state index is -0.847. The fraction of sp³-hybridized carbons (Fsp3) is 0.211. The summed E-state index contributed by atoms with van der Waals surface area (Å²) in [5.74, 6) is -0.720. The van der Waals surface area contributed by atoms with Crippen molar-refractivity contribution in [1.29, 1.82) is 0 Å². The maximum Gasteiger partial charge on any atom is 0.355 e. The Kier molecular flexibility index (Phi) is 5.19. The quantitative estimate of drug-likeness (QED) is 0.449. The molecule has 1 aromatic carbocycles. The number of carbonyl (C=O) groups is 2. The van der Waals surface area contributed by atoms with Crippen molar-refractivity contribution in [3.63, 3.8) is 0 Å². The summed E-state index contributed by atoms with van der Waals surface area (Å²) in [4.78, 5) is 26.4.